The lowest BCUT2D eigenvalue weighted by Gasteiger charge is -2.29. The van der Waals surface area contributed by atoms with E-state index in [0.29, 0.717) is 15.6 Å². The molecular weight excluding hydrogens is 409 g/mol. The Labute approximate surface area is 182 Å². The van der Waals surface area contributed by atoms with Gasteiger partial charge in [-0.1, -0.05) is 70.8 Å². The molecule has 4 nitrogen and oxygen atoms in total. The number of benzene rings is 2. The smallest absolute Gasteiger partial charge is 0.325 e. The Morgan fingerprint density at radius 3 is 1.93 bits per heavy atom. The summed E-state index contributed by atoms with van der Waals surface area (Å²) in [6.07, 6.45) is 0. The molecule has 0 radical (unpaired) electrons. The number of hydrogen-bond donors (Lipinski definition) is 3. The van der Waals surface area contributed by atoms with Crippen molar-refractivity contribution in [2.45, 2.75) is 65.0 Å². The number of hydrogen-bond acceptors (Lipinski definition) is 3. The summed E-state index contributed by atoms with van der Waals surface area (Å²) in [7, 11) is 0. The van der Waals surface area contributed by atoms with Crippen LogP contribution < -0.4 is 5.32 Å². The Hall–Kier alpha value is -1.75. The summed E-state index contributed by atoms with van der Waals surface area (Å²) in [5.74, 6) is -0.779. The van der Waals surface area contributed by atoms with E-state index >= 15 is 0 Å². The number of phenols is 1. The highest BCUT2D eigenvalue weighted by molar-refractivity contribution is 6.35. The van der Waals surface area contributed by atoms with Crippen molar-refractivity contribution < 1.29 is 15.0 Å². The van der Waals surface area contributed by atoms with E-state index in [2.05, 4.69) is 5.32 Å². The van der Waals surface area contributed by atoms with Gasteiger partial charge in [0.1, 0.15) is 11.8 Å². The summed E-state index contributed by atoms with van der Waals surface area (Å²) < 4.78 is 0. The fourth-order valence-corrected chi connectivity index (χ4v) is 3.67. The van der Waals surface area contributed by atoms with Gasteiger partial charge in [0, 0.05) is 16.6 Å². The van der Waals surface area contributed by atoms with Crippen LogP contribution >= 0.6 is 23.2 Å². The summed E-state index contributed by atoms with van der Waals surface area (Å²) >= 11 is 12.2. The molecule has 0 spiro atoms. The quantitative estimate of drug-likeness (QED) is 0.519. The molecule has 0 aliphatic rings. The van der Waals surface area contributed by atoms with Crippen molar-refractivity contribution in [3.05, 3.63) is 62.6 Å². The molecule has 0 saturated heterocycles. The Balaban J connectivity index is 2.50. The van der Waals surface area contributed by atoms with E-state index in [4.69, 9.17) is 23.2 Å². The van der Waals surface area contributed by atoms with E-state index < -0.39 is 12.0 Å². The van der Waals surface area contributed by atoms with Crippen molar-refractivity contribution >= 4 is 29.2 Å². The molecule has 3 N–H and O–H groups in total. The molecule has 0 heterocycles. The van der Waals surface area contributed by atoms with E-state index in [1.165, 1.54) is 0 Å². The summed E-state index contributed by atoms with van der Waals surface area (Å²) in [6.45, 7) is 12.2. The topological polar surface area (TPSA) is 69.6 Å². The van der Waals surface area contributed by atoms with Crippen LogP contribution in [-0.2, 0) is 22.2 Å². The van der Waals surface area contributed by atoms with Gasteiger partial charge >= 0.3 is 5.97 Å². The van der Waals surface area contributed by atoms with E-state index in [1.54, 1.807) is 30.3 Å². The standard InChI is InChI=1S/C23H29Cl2NO3/c1-22(2,3)16-9-14(10-17(20(16)27)23(4,5)6)19(21(28)29)26-12-13-7-8-15(24)11-18(13)25/h7-11,19,26-27H,12H2,1-6H3,(H,28,29). The van der Waals surface area contributed by atoms with Crippen LogP contribution in [0.2, 0.25) is 10.0 Å². The van der Waals surface area contributed by atoms with E-state index in [1.807, 2.05) is 41.5 Å². The third-order valence-electron chi connectivity index (χ3n) is 4.84. The van der Waals surface area contributed by atoms with Crippen LogP contribution in [0, 0.1) is 0 Å². The number of carbonyl (C=O) groups is 1. The lowest BCUT2D eigenvalue weighted by molar-refractivity contribution is -0.139. The molecule has 1 atom stereocenters. The minimum absolute atomic E-state index is 0.221. The number of carboxylic acid groups (broad SMARTS) is 1. The Kier molecular flexibility index (Phi) is 6.93. The lowest BCUT2D eigenvalue weighted by Crippen LogP contribution is -2.29. The van der Waals surface area contributed by atoms with Crippen molar-refractivity contribution in [1.29, 1.82) is 0 Å². The molecule has 0 saturated carbocycles. The van der Waals surface area contributed by atoms with Crippen molar-refractivity contribution in [3.8, 4) is 5.75 Å². The molecular formula is C23H29Cl2NO3. The van der Waals surface area contributed by atoms with Gasteiger partial charge in [-0.15, -0.1) is 0 Å². The third kappa shape index (κ3) is 5.65. The minimum Gasteiger partial charge on any atom is -0.507 e. The van der Waals surface area contributed by atoms with Gasteiger partial charge in [-0.3, -0.25) is 10.1 Å². The molecule has 2 aromatic carbocycles. The van der Waals surface area contributed by atoms with Crippen molar-refractivity contribution in [2.75, 3.05) is 0 Å². The highest BCUT2D eigenvalue weighted by Gasteiger charge is 2.30. The first-order valence-electron chi connectivity index (χ1n) is 9.50. The zero-order valence-electron chi connectivity index (χ0n) is 17.7. The molecule has 0 aliphatic carbocycles. The van der Waals surface area contributed by atoms with Crippen LogP contribution in [0.15, 0.2) is 30.3 Å². The number of aromatic hydroxyl groups is 1. The molecule has 0 amide bonds. The monoisotopic (exact) mass is 437 g/mol. The second-order valence-electron chi connectivity index (χ2n) is 9.35. The Morgan fingerprint density at radius 2 is 1.52 bits per heavy atom. The fraction of sp³-hybridized carbons (Fsp3) is 0.435. The normalized spacial score (nSPS) is 13.4. The molecule has 0 aliphatic heterocycles. The maximum atomic E-state index is 12.1. The molecule has 2 aromatic rings. The molecule has 2 rings (SSSR count). The molecule has 0 fully saturated rings. The van der Waals surface area contributed by atoms with Crippen LogP contribution in [0.25, 0.3) is 0 Å². The number of nitrogens with one attached hydrogen (secondary N) is 1. The van der Waals surface area contributed by atoms with Gasteiger partial charge in [-0.25, -0.2) is 0 Å². The van der Waals surface area contributed by atoms with Gasteiger partial charge in [-0.2, -0.15) is 0 Å². The zero-order chi connectivity index (χ0) is 22.1. The van der Waals surface area contributed by atoms with Crippen LogP contribution in [0.3, 0.4) is 0 Å². The lowest BCUT2D eigenvalue weighted by atomic mass is 9.77. The maximum Gasteiger partial charge on any atom is 0.325 e. The first-order valence-corrected chi connectivity index (χ1v) is 10.3. The largest absolute Gasteiger partial charge is 0.507 e. The number of phenolic OH excluding ortho intramolecular Hbond substituents is 1. The summed E-state index contributed by atoms with van der Waals surface area (Å²) in [4.78, 5) is 12.1. The van der Waals surface area contributed by atoms with Crippen molar-refractivity contribution in [2.24, 2.45) is 0 Å². The van der Waals surface area contributed by atoms with Crippen LogP contribution in [-0.4, -0.2) is 16.2 Å². The fourth-order valence-electron chi connectivity index (χ4n) is 3.19. The second kappa shape index (κ2) is 8.55. The second-order valence-corrected chi connectivity index (χ2v) is 10.2. The highest BCUT2D eigenvalue weighted by Crippen LogP contribution is 2.41. The van der Waals surface area contributed by atoms with Crippen LogP contribution in [0.5, 0.6) is 5.75 Å². The number of halogens is 2. The average Bonchev–Trinajstić information content (AvgIpc) is 2.55. The van der Waals surface area contributed by atoms with E-state index in [9.17, 15) is 15.0 Å². The predicted octanol–water partition coefficient (Wildman–Crippen LogP) is 6.21. The van der Waals surface area contributed by atoms with Crippen molar-refractivity contribution in [3.63, 3.8) is 0 Å². The Morgan fingerprint density at radius 1 is 1.00 bits per heavy atom. The Bertz CT molecular complexity index is 876. The van der Waals surface area contributed by atoms with E-state index in [-0.39, 0.29) is 23.1 Å². The molecule has 1 unspecified atom stereocenters. The molecule has 29 heavy (non-hydrogen) atoms. The summed E-state index contributed by atoms with van der Waals surface area (Å²) in [5, 5.41) is 24.9. The predicted molar refractivity (Wildman–Crippen MR) is 119 cm³/mol. The van der Waals surface area contributed by atoms with Gasteiger partial charge in [0.15, 0.2) is 0 Å². The number of carboxylic acids is 1. The molecule has 158 valence electrons. The van der Waals surface area contributed by atoms with Gasteiger partial charge in [0.2, 0.25) is 0 Å². The van der Waals surface area contributed by atoms with Gasteiger partial charge in [0.05, 0.1) is 0 Å². The van der Waals surface area contributed by atoms with Crippen molar-refractivity contribution in [1.82, 2.24) is 5.32 Å². The van der Waals surface area contributed by atoms with E-state index in [0.717, 1.165) is 16.7 Å². The van der Waals surface area contributed by atoms with Crippen LogP contribution in [0.4, 0.5) is 0 Å². The van der Waals surface area contributed by atoms with Gasteiger partial charge < -0.3 is 10.2 Å². The SMILES string of the molecule is CC(C)(C)c1cc(C(NCc2ccc(Cl)cc2Cl)C(=O)O)cc(C(C)(C)C)c1O. The van der Waals surface area contributed by atoms with Crippen LogP contribution in [0.1, 0.15) is 69.8 Å². The summed E-state index contributed by atoms with van der Waals surface area (Å²) in [5.41, 5.74) is 2.10. The maximum absolute atomic E-state index is 12.1. The minimum atomic E-state index is -1.000. The number of aliphatic carboxylic acids is 1. The first-order chi connectivity index (χ1) is 13.2. The molecule has 0 aromatic heterocycles. The van der Waals surface area contributed by atoms with Gasteiger partial charge in [0.25, 0.3) is 0 Å². The first kappa shape index (κ1) is 23.5. The molecule has 6 heteroatoms. The zero-order valence-corrected chi connectivity index (χ0v) is 19.2. The highest BCUT2D eigenvalue weighted by atomic mass is 35.5. The molecule has 0 bridgehead atoms. The summed E-state index contributed by atoms with van der Waals surface area (Å²) in [6, 6.07) is 7.72. The average molecular weight is 438 g/mol. The number of rotatable bonds is 5. The van der Waals surface area contributed by atoms with Gasteiger partial charge in [-0.05, 0) is 57.3 Å². The third-order valence-corrected chi connectivity index (χ3v) is 5.43.